The molecular formula is C10H10Cl3N3O5S. The standard InChI is InChI=1S/C10H10Cl3N3O5S/c1-19-7(17)6(16-20-2)5-3-22-8(14-5)15-9(18)21-4-10(11,12)13/h3H,4H2,1-2H3,(H,14,15,18). The topological polar surface area (TPSA) is 99.1 Å². The summed E-state index contributed by atoms with van der Waals surface area (Å²) in [5.74, 6) is -0.738. The van der Waals surface area contributed by atoms with Crippen LogP contribution in [-0.2, 0) is 19.1 Å². The van der Waals surface area contributed by atoms with Crippen molar-refractivity contribution >= 4 is 69.0 Å². The number of amides is 1. The average Bonchev–Trinajstić information content (AvgIpc) is 2.89. The maximum atomic E-state index is 11.5. The molecule has 1 N–H and O–H groups in total. The van der Waals surface area contributed by atoms with E-state index >= 15 is 0 Å². The van der Waals surface area contributed by atoms with Gasteiger partial charge in [0, 0.05) is 5.38 Å². The van der Waals surface area contributed by atoms with Crippen molar-refractivity contribution in [2.75, 3.05) is 26.1 Å². The molecule has 122 valence electrons. The Balaban J connectivity index is 2.73. The number of rotatable bonds is 5. The van der Waals surface area contributed by atoms with Crippen LogP contribution in [0, 0.1) is 0 Å². The zero-order valence-corrected chi connectivity index (χ0v) is 14.3. The molecule has 1 aromatic rings. The van der Waals surface area contributed by atoms with E-state index in [9.17, 15) is 9.59 Å². The van der Waals surface area contributed by atoms with Crippen LogP contribution in [0.2, 0.25) is 0 Å². The maximum absolute atomic E-state index is 11.5. The van der Waals surface area contributed by atoms with E-state index in [1.807, 2.05) is 0 Å². The molecule has 0 spiro atoms. The molecule has 0 atom stereocenters. The van der Waals surface area contributed by atoms with E-state index in [0.717, 1.165) is 11.3 Å². The van der Waals surface area contributed by atoms with E-state index < -0.39 is 22.5 Å². The van der Waals surface area contributed by atoms with Crippen molar-refractivity contribution in [1.82, 2.24) is 4.98 Å². The number of halogens is 3. The van der Waals surface area contributed by atoms with Crippen LogP contribution in [0.4, 0.5) is 9.93 Å². The van der Waals surface area contributed by atoms with Gasteiger partial charge >= 0.3 is 12.1 Å². The molecule has 1 aromatic heterocycles. The smallest absolute Gasteiger partial charge is 0.413 e. The van der Waals surface area contributed by atoms with E-state index in [1.165, 1.54) is 19.6 Å². The molecule has 0 aliphatic rings. The number of nitrogens with zero attached hydrogens (tertiary/aromatic N) is 2. The molecule has 0 radical (unpaired) electrons. The minimum atomic E-state index is -1.71. The number of anilines is 1. The van der Waals surface area contributed by atoms with Crippen LogP contribution >= 0.6 is 46.1 Å². The van der Waals surface area contributed by atoms with Gasteiger partial charge in [0.1, 0.15) is 19.4 Å². The number of ether oxygens (including phenoxy) is 2. The van der Waals surface area contributed by atoms with Crippen molar-refractivity contribution in [3.05, 3.63) is 11.1 Å². The Morgan fingerprint density at radius 1 is 1.41 bits per heavy atom. The zero-order valence-electron chi connectivity index (χ0n) is 11.3. The fourth-order valence-corrected chi connectivity index (χ4v) is 1.93. The number of methoxy groups -OCH3 is 1. The summed E-state index contributed by atoms with van der Waals surface area (Å²) in [5.41, 5.74) is 0.0133. The van der Waals surface area contributed by atoms with Crippen LogP contribution < -0.4 is 5.32 Å². The monoisotopic (exact) mass is 389 g/mol. The first-order valence-electron chi connectivity index (χ1n) is 5.42. The first-order chi connectivity index (χ1) is 10.3. The Bertz CT molecular complexity index is 572. The summed E-state index contributed by atoms with van der Waals surface area (Å²) in [6.45, 7) is -0.430. The highest BCUT2D eigenvalue weighted by atomic mass is 35.6. The number of hydrogen-bond donors (Lipinski definition) is 1. The number of esters is 1. The van der Waals surface area contributed by atoms with Gasteiger partial charge in [0.05, 0.1) is 7.11 Å². The lowest BCUT2D eigenvalue weighted by Crippen LogP contribution is -2.21. The van der Waals surface area contributed by atoms with E-state index in [-0.39, 0.29) is 16.5 Å². The zero-order chi connectivity index (χ0) is 16.8. The van der Waals surface area contributed by atoms with E-state index in [1.54, 1.807) is 0 Å². The third-order valence-electron chi connectivity index (χ3n) is 1.88. The van der Waals surface area contributed by atoms with Gasteiger partial charge < -0.3 is 14.3 Å². The summed E-state index contributed by atoms with van der Waals surface area (Å²) in [4.78, 5) is 31.5. The summed E-state index contributed by atoms with van der Waals surface area (Å²) >= 11 is 17.4. The first-order valence-corrected chi connectivity index (χ1v) is 7.44. The van der Waals surface area contributed by atoms with Gasteiger partial charge in [0.2, 0.25) is 9.50 Å². The number of aromatic nitrogens is 1. The first kappa shape index (κ1) is 18.8. The van der Waals surface area contributed by atoms with Crippen LogP contribution in [0.15, 0.2) is 10.5 Å². The molecule has 8 nitrogen and oxygen atoms in total. The average molecular weight is 391 g/mol. The molecule has 0 saturated carbocycles. The Labute approximate surface area is 144 Å². The van der Waals surface area contributed by atoms with Crippen molar-refractivity contribution in [3.63, 3.8) is 0 Å². The van der Waals surface area contributed by atoms with Crippen LogP contribution in [0.1, 0.15) is 5.69 Å². The number of nitrogens with one attached hydrogen (secondary N) is 1. The van der Waals surface area contributed by atoms with E-state index in [0.29, 0.717) is 0 Å². The molecule has 0 aromatic carbocycles. The van der Waals surface area contributed by atoms with Crippen molar-refractivity contribution in [1.29, 1.82) is 0 Å². The quantitative estimate of drug-likeness (QED) is 0.359. The SMILES string of the molecule is CON=C(C(=O)OC)c1csc(NC(=O)OCC(Cl)(Cl)Cl)n1. The summed E-state index contributed by atoms with van der Waals surface area (Å²) in [6.07, 6.45) is -0.865. The molecule has 1 rings (SSSR count). The highest BCUT2D eigenvalue weighted by Gasteiger charge is 2.23. The highest BCUT2D eigenvalue weighted by Crippen LogP contribution is 2.26. The number of oxime groups is 1. The lowest BCUT2D eigenvalue weighted by molar-refractivity contribution is -0.132. The second-order valence-electron chi connectivity index (χ2n) is 3.47. The van der Waals surface area contributed by atoms with Gasteiger partial charge in [-0.15, -0.1) is 11.3 Å². The fraction of sp³-hybridized carbons (Fsp3) is 0.400. The fourth-order valence-electron chi connectivity index (χ4n) is 1.09. The number of thiazole rings is 1. The highest BCUT2D eigenvalue weighted by molar-refractivity contribution is 7.14. The molecule has 0 bridgehead atoms. The Kier molecular flexibility index (Phi) is 7.14. The second-order valence-corrected chi connectivity index (χ2v) is 6.84. The van der Waals surface area contributed by atoms with Gasteiger partial charge in [0.25, 0.3) is 0 Å². The van der Waals surface area contributed by atoms with Gasteiger partial charge in [-0.25, -0.2) is 14.6 Å². The number of alkyl halides is 3. The number of hydrogen-bond acceptors (Lipinski definition) is 8. The third-order valence-corrected chi connectivity index (χ3v) is 2.97. The van der Waals surface area contributed by atoms with Gasteiger partial charge in [0.15, 0.2) is 5.13 Å². The molecule has 1 heterocycles. The van der Waals surface area contributed by atoms with Crippen molar-refractivity contribution in [2.24, 2.45) is 5.16 Å². The lowest BCUT2D eigenvalue weighted by Gasteiger charge is -2.10. The van der Waals surface area contributed by atoms with Crippen LogP contribution in [-0.4, -0.2) is 47.4 Å². The predicted molar refractivity (Wildman–Crippen MR) is 82.9 cm³/mol. The molecule has 22 heavy (non-hydrogen) atoms. The van der Waals surface area contributed by atoms with E-state index in [4.69, 9.17) is 34.8 Å². The summed E-state index contributed by atoms with van der Waals surface area (Å²) in [6, 6.07) is 0. The largest absolute Gasteiger partial charge is 0.464 e. The van der Waals surface area contributed by atoms with Crippen LogP contribution in [0.3, 0.4) is 0 Å². The maximum Gasteiger partial charge on any atom is 0.413 e. The third kappa shape index (κ3) is 6.22. The minimum Gasteiger partial charge on any atom is -0.464 e. The summed E-state index contributed by atoms with van der Waals surface area (Å²) in [5, 5.41) is 7.45. The number of carbonyl (C=O) groups excluding carboxylic acids is 2. The molecular weight excluding hydrogens is 381 g/mol. The normalized spacial score (nSPS) is 11.8. The van der Waals surface area contributed by atoms with Crippen LogP contribution in [0.5, 0.6) is 0 Å². The Morgan fingerprint density at radius 3 is 2.64 bits per heavy atom. The van der Waals surface area contributed by atoms with Crippen LogP contribution in [0.25, 0.3) is 0 Å². The lowest BCUT2D eigenvalue weighted by atomic mass is 10.3. The van der Waals surface area contributed by atoms with Gasteiger partial charge in [-0.05, 0) is 0 Å². The van der Waals surface area contributed by atoms with Crippen molar-refractivity contribution in [2.45, 2.75) is 3.79 Å². The molecule has 1 amide bonds. The minimum absolute atomic E-state index is 0.149. The Morgan fingerprint density at radius 2 is 2.09 bits per heavy atom. The summed E-state index contributed by atoms with van der Waals surface area (Å²) in [7, 11) is 2.45. The van der Waals surface area contributed by atoms with Crippen molar-refractivity contribution in [3.8, 4) is 0 Å². The van der Waals surface area contributed by atoms with Gasteiger partial charge in [-0.3, -0.25) is 5.32 Å². The summed E-state index contributed by atoms with van der Waals surface area (Å²) < 4.78 is 7.50. The van der Waals surface area contributed by atoms with E-state index in [2.05, 4.69) is 29.8 Å². The molecule has 0 saturated heterocycles. The molecule has 0 aliphatic carbocycles. The molecule has 0 aliphatic heterocycles. The Hall–Kier alpha value is -1.29. The molecule has 12 heteroatoms. The molecule has 0 unspecified atom stereocenters. The predicted octanol–water partition coefficient (Wildman–Crippen LogP) is 2.59. The van der Waals surface area contributed by atoms with Gasteiger partial charge in [-0.1, -0.05) is 40.0 Å². The second kappa shape index (κ2) is 8.37. The van der Waals surface area contributed by atoms with Crippen molar-refractivity contribution < 1.29 is 23.9 Å². The molecule has 0 fully saturated rings. The van der Waals surface area contributed by atoms with Gasteiger partial charge in [-0.2, -0.15) is 0 Å². The number of carbonyl (C=O) groups is 2.